The predicted molar refractivity (Wildman–Crippen MR) is 73.1 cm³/mol. The molecule has 1 aliphatic rings. The highest BCUT2D eigenvalue weighted by molar-refractivity contribution is 5.54. The fourth-order valence-electron chi connectivity index (χ4n) is 2.42. The molecule has 20 heavy (non-hydrogen) atoms. The standard InChI is InChI=1S/C14H17N3O3/c18-9-11-6-7-17(8-12(11)19)14-15-13(20-16-14)10-4-2-1-3-5-10/h1-5,11-12,18-19H,6-9H2/t11-,12+/m0/s1. The molecule has 2 N–H and O–H groups in total. The summed E-state index contributed by atoms with van der Waals surface area (Å²) in [4.78, 5) is 6.25. The molecule has 1 aliphatic heterocycles. The Labute approximate surface area is 116 Å². The molecule has 0 aliphatic carbocycles. The molecule has 6 nitrogen and oxygen atoms in total. The molecule has 0 radical (unpaired) electrons. The molecule has 0 bridgehead atoms. The Morgan fingerprint density at radius 3 is 2.80 bits per heavy atom. The van der Waals surface area contributed by atoms with Gasteiger partial charge < -0.3 is 19.6 Å². The molecule has 2 aromatic rings. The van der Waals surface area contributed by atoms with E-state index in [0.29, 0.717) is 31.3 Å². The second-order valence-electron chi connectivity index (χ2n) is 5.01. The van der Waals surface area contributed by atoms with Crippen molar-refractivity contribution < 1.29 is 14.7 Å². The number of hydrogen-bond acceptors (Lipinski definition) is 6. The first-order chi connectivity index (χ1) is 9.78. The molecule has 1 fully saturated rings. The maximum absolute atomic E-state index is 9.94. The number of piperidine rings is 1. The topological polar surface area (TPSA) is 82.6 Å². The monoisotopic (exact) mass is 275 g/mol. The number of β-amino-alcohol motifs (C(OH)–C–C–N with tert-alkyl or cyclic N) is 1. The number of benzene rings is 1. The highest BCUT2D eigenvalue weighted by Crippen LogP contribution is 2.24. The average molecular weight is 275 g/mol. The van der Waals surface area contributed by atoms with Crippen LogP contribution in [0.1, 0.15) is 6.42 Å². The van der Waals surface area contributed by atoms with Crippen LogP contribution in [0.5, 0.6) is 0 Å². The van der Waals surface area contributed by atoms with Crippen molar-refractivity contribution in [3.05, 3.63) is 30.3 Å². The molecule has 6 heteroatoms. The van der Waals surface area contributed by atoms with Gasteiger partial charge in [-0.25, -0.2) is 0 Å². The number of aromatic nitrogens is 2. The van der Waals surface area contributed by atoms with Crippen LogP contribution >= 0.6 is 0 Å². The summed E-state index contributed by atoms with van der Waals surface area (Å²) in [5.74, 6) is 0.894. The zero-order chi connectivity index (χ0) is 13.9. The van der Waals surface area contributed by atoms with Crippen molar-refractivity contribution in [2.24, 2.45) is 5.92 Å². The van der Waals surface area contributed by atoms with Gasteiger partial charge in [-0.2, -0.15) is 4.98 Å². The third kappa shape index (κ3) is 2.52. The Hall–Kier alpha value is -1.92. The van der Waals surface area contributed by atoms with Crippen LogP contribution in [-0.2, 0) is 0 Å². The number of rotatable bonds is 3. The number of anilines is 1. The second kappa shape index (κ2) is 5.60. The van der Waals surface area contributed by atoms with Crippen LogP contribution in [0.15, 0.2) is 34.9 Å². The van der Waals surface area contributed by atoms with Crippen molar-refractivity contribution in [1.82, 2.24) is 10.1 Å². The highest BCUT2D eigenvalue weighted by Gasteiger charge is 2.29. The van der Waals surface area contributed by atoms with E-state index in [0.717, 1.165) is 5.56 Å². The van der Waals surface area contributed by atoms with Crippen LogP contribution in [0.3, 0.4) is 0 Å². The summed E-state index contributed by atoms with van der Waals surface area (Å²) in [5.41, 5.74) is 0.872. The lowest BCUT2D eigenvalue weighted by Crippen LogP contribution is -2.45. The van der Waals surface area contributed by atoms with Crippen LogP contribution in [0, 0.1) is 5.92 Å². The minimum Gasteiger partial charge on any atom is -0.396 e. The van der Waals surface area contributed by atoms with E-state index >= 15 is 0 Å². The van der Waals surface area contributed by atoms with E-state index in [1.165, 1.54) is 0 Å². The lowest BCUT2D eigenvalue weighted by atomic mass is 9.95. The number of aliphatic hydroxyl groups excluding tert-OH is 2. The van der Waals surface area contributed by atoms with Gasteiger partial charge in [0, 0.05) is 31.2 Å². The van der Waals surface area contributed by atoms with Crippen molar-refractivity contribution >= 4 is 5.95 Å². The fraction of sp³-hybridized carbons (Fsp3) is 0.429. The number of hydrogen-bond donors (Lipinski definition) is 2. The normalized spacial score (nSPS) is 23.0. The second-order valence-corrected chi connectivity index (χ2v) is 5.01. The zero-order valence-electron chi connectivity index (χ0n) is 11.0. The van der Waals surface area contributed by atoms with E-state index in [9.17, 15) is 5.11 Å². The van der Waals surface area contributed by atoms with E-state index in [4.69, 9.17) is 9.63 Å². The van der Waals surface area contributed by atoms with Crippen molar-refractivity contribution in [2.75, 3.05) is 24.6 Å². The van der Waals surface area contributed by atoms with Gasteiger partial charge >= 0.3 is 0 Å². The van der Waals surface area contributed by atoms with Crippen LogP contribution in [0.25, 0.3) is 11.5 Å². The van der Waals surface area contributed by atoms with Gasteiger partial charge in [-0.1, -0.05) is 18.2 Å². The Balaban J connectivity index is 1.75. The number of aliphatic hydroxyl groups is 2. The van der Waals surface area contributed by atoms with Gasteiger partial charge in [0.2, 0.25) is 0 Å². The Kier molecular flexibility index (Phi) is 3.66. The van der Waals surface area contributed by atoms with Gasteiger partial charge in [-0.3, -0.25) is 0 Å². The molecule has 0 unspecified atom stereocenters. The third-order valence-corrected chi connectivity index (χ3v) is 3.67. The lowest BCUT2D eigenvalue weighted by molar-refractivity contribution is 0.0543. The SMILES string of the molecule is OC[C@@H]1CCN(c2noc(-c3ccccc3)n2)C[C@H]1O. The summed E-state index contributed by atoms with van der Waals surface area (Å²) in [7, 11) is 0. The molecule has 0 saturated carbocycles. The molecule has 0 amide bonds. The predicted octanol–water partition coefficient (Wildman–Crippen LogP) is 0.916. The van der Waals surface area contributed by atoms with E-state index < -0.39 is 6.10 Å². The van der Waals surface area contributed by atoms with E-state index in [2.05, 4.69) is 10.1 Å². The molecular weight excluding hydrogens is 258 g/mol. The molecule has 2 heterocycles. The Morgan fingerprint density at radius 1 is 1.30 bits per heavy atom. The van der Waals surface area contributed by atoms with Crippen molar-refractivity contribution in [3.8, 4) is 11.5 Å². The van der Waals surface area contributed by atoms with Crippen LogP contribution in [0.4, 0.5) is 5.95 Å². The summed E-state index contributed by atoms with van der Waals surface area (Å²) in [6, 6.07) is 9.57. The van der Waals surface area contributed by atoms with E-state index in [1.807, 2.05) is 35.2 Å². The summed E-state index contributed by atoms with van der Waals surface area (Å²) in [5, 5.41) is 23.0. The first kappa shape index (κ1) is 13.1. The largest absolute Gasteiger partial charge is 0.396 e. The van der Waals surface area contributed by atoms with Crippen LogP contribution in [-0.4, -0.2) is 46.2 Å². The summed E-state index contributed by atoms with van der Waals surface area (Å²) < 4.78 is 5.26. The minimum absolute atomic E-state index is 0.0104. The molecule has 3 rings (SSSR count). The molecule has 1 saturated heterocycles. The Bertz CT molecular complexity index is 558. The van der Waals surface area contributed by atoms with Crippen molar-refractivity contribution in [3.63, 3.8) is 0 Å². The molecule has 106 valence electrons. The minimum atomic E-state index is -0.563. The van der Waals surface area contributed by atoms with E-state index in [-0.39, 0.29) is 12.5 Å². The van der Waals surface area contributed by atoms with Gasteiger partial charge in [-0.05, 0) is 23.7 Å². The number of nitrogens with zero attached hydrogens (tertiary/aromatic N) is 3. The molecule has 1 aromatic carbocycles. The first-order valence-corrected chi connectivity index (χ1v) is 6.71. The smallest absolute Gasteiger partial charge is 0.266 e. The zero-order valence-corrected chi connectivity index (χ0v) is 11.0. The van der Waals surface area contributed by atoms with E-state index in [1.54, 1.807) is 0 Å². The fourth-order valence-corrected chi connectivity index (χ4v) is 2.42. The van der Waals surface area contributed by atoms with Gasteiger partial charge in [0.05, 0.1) is 6.10 Å². The maximum Gasteiger partial charge on any atom is 0.266 e. The van der Waals surface area contributed by atoms with Gasteiger partial charge in [0.25, 0.3) is 11.8 Å². The van der Waals surface area contributed by atoms with Crippen molar-refractivity contribution in [2.45, 2.75) is 12.5 Å². The molecule has 0 spiro atoms. The third-order valence-electron chi connectivity index (χ3n) is 3.67. The average Bonchev–Trinajstić information content (AvgIpc) is 2.98. The maximum atomic E-state index is 9.94. The lowest BCUT2D eigenvalue weighted by Gasteiger charge is -2.34. The summed E-state index contributed by atoms with van der Waals surface area (Å²) >= 11 is 0. The summed E-state index contributed by atoms with van der Waals surface area (Å²) in [6.45, 7) is 1.13. The van der Waals surface area contributed by atoms with Crippen molar-refractivity contribution in [1.29, 1.82) is 0 Å². The molecule has 1 aromatic heterocycles. The van der Waals surface area contributed by atoms with Crippen LogP contribution < -0.4 is 4.90 Å². The van der Waals surface area contributed by atoms with Gasteiger partial charge in [-0.15, -0.1) is 0 Å². The van der Waals surface area contributed by atoms with Crippen LogP contribution in [0.2, 0.25) is 0 Å². The van der Waals surface area contributed by atoms with Gasteiger partial charge in [0.15, 0.2) is 0 Å². The Morgan fingerprint density at radius 2 is 2.10 bits per heavy atom. The quantitative estimate of drug-likeness (QED) is 0.866. The molecule has 2 atom stereocenters. The first-order valence-electron chi connectivity index (χ1n) is 6.71. The van der Waals surface area contributed by atoms with Gasteiger partial charge in [0.1, 0.15) is 0 Å². The molecular formula is C14H17N3O3. The summed E-state index contributed by atoms with van der Waals surface area (Å²) in [6.07, 6.45) is 0.153. The highest BCUT2D eigenvalue weighted by atomic mass is 16.5.